The van der Waals surface area contributed by atoms with Gasteiger partial charge in [0.2, 0.25) is 0 Å². The van der Waals surface area contributed by atoms with Crippen LogP contribution in [0.2, 0.25) is 0 Å². The van der Waals surface area contributed by atoms with Crippen molar-refractivity contribution in [3.05, 3.63) is 58.0 Å². The maximum Gasteiger partial charge on any atom is 0.273 e. The summed E-state index contributed by atoms with van der Waals surface area (Å²) in [5, 5.41) is 6.72. The summed E-state index contributed by atoms with van der Waals surface area (Å²) in [5.41, 5.74) is 2.15. The molecule has 2 aromatic heterocycles. The van der Waals surface area contributed by atoms with E-state index in [1.165, 1.54) is 17.4 Å². The highest BCUT2D eigenvalue weighted by atomic mass is 32.1. The minimum Gasteiger partial charge on any atom is -0.366 e. The van der Waals surface area contributed by atoms with Gasteiger partial charge in [-0.1, -0.05) is 12.1 Å². The van der Waals surface area contributed by atoms with E-state index in [2.05, 4.69) is 4.98 Å². The number of carbonyl (C=O) groups is 1. The van der Waals surface area contributed by atoms with Crippen molar-refractivity contribution in [1.29, 1.82) is 0 Å². The van der Waals surface area contributed by atoms with Gasteiger partial charge in [0.1, 0.15) is 16.5 Å². The number of thiazole rings is 1. The fourth-order valence-corrected chi connectivity index (χ4v) is 4.42. The van der Waals surface area contributed by atoms with E-state index in [4.69, 9.17) is 0 Å². The van der Waals surface area contributed by atoms with E-state index in [1.54, 1.807) is 28.4 Å². The van der Waals surface area contributed by atoms with Crippen molar-refractivity contribution >= 4 is 34.3 Å². The van der Waals surface area contributed by atoms with Crippen molar-refractivity contribution in [2.75, 3.05) is 31.1 Å². The third-order valence-electron chi connectivity index (χ3n) is 4.25. The first-order valence-corrected chi connectivity index (χ1v) is 9.81. The summed E-state index contributed by atoms with van der Waals surface area (Å²) in [7, 11) is 0. The molecule has 3 aromatic rings. The van der Waals surface area contributed by atoms with E-state index in [1.807, 2.05) is 33.2 Å². The van der Waals surface area contributed by atoms with Crippen LogP contribution in [-0.2, 0) is 0 Å². The largest absolute Gasteiger partial charge is 0.366 e. The molecule has 0 N–H and O–H groups in total. The molecule has 4 rings (SSSR count). The Hall–Kier alpha value is -2.25. The maximum absolute atomic E-state index is 13.9. The molecule has 1 fully saturated rings. The number of thiophene rings is 1. The molecule has 4 nitrogen and oxygen atoms in total. The van der Waals surface area contributed by atoms with Crippen molar-refractivity contribution in [3.63, 3.8) is 0 Å². The minimum absolute atomic E-state index is 0.0501. The Bertz CT molecular complexity index is 870. The van der Waals surface area contributed by atoms with Gasteiger partial charge in [0.25, 0.3) is 5.91 Å². The number of aromatic nitrogens is 1. The third-order valence-corrected chi connectivity index (χ3v) is 5.83. The average Bonchev–Trinajstić information content (AvgIpc) is 3.33. The minimum atomic E-state index is -0.220. The Morgan fingerprint density at radius 3 is 2.60 bits per heavy atom. The number of carbonyl (C=O) groups excluding carboxylic acids is 1. The molecule has 1 aliphatic heterocycles. The predicted octanol–water partition coefficient (Wildman–Crippen LogP) is 3.97. The number of benzene rings is 1. The van der Waals surface area contributed by atoms with Crippen LogP contribution in [0.25, 0.3) is 10.6 Å². The zero-order valence-electron chi connectivity index (χ0n) is 13.4. The summed E-state index contributed by atoms with van der Waals surface area (Å²) >= 11 is 3.10. The first kappa shape index (κ1) is 16.2. The number of hydrogen-bond donors (Lipinski definition) is 0. The molecule has 1 amide bonds. The number of hydrogen-bond acceptors (Lipinski definition) is 5. The molecule has 1 saturated heterocycles. The topological polar surface area (TPSA) is 36.4 Å². The quantitative estimate of drug-likeness (QED) is 0.697. The van der Waals surface area contributed by atoms with Gasteiger partial charge < -0.3 is 9.80 Å². The standard InChI is InChI=1S/C18H16FN3OS2/c19-14-3-1-2-4-16(14)21-6-8-22(9-7-21)18(23)15-12-25-17(20-15)13-5-10-24-11-13/h1-5,10-12H,6-9H2. The molecule has 1 aromatic carbocycles. The van der Waals surface area contributed by atoms with Crippen molar-refractivity contribution in [2.24, 2.45) is 0 Å². The van der Waals surface area contributed by atoms with Gasteiger partial charge in [0, 0.05) is 42.5 Å². The molecule has 0 radical (unpaired) electrons. The number of rotatable bonds is 3. The van der Waals surface area contributed by atoms with Gasteiger partial charge in [0.15, 0.2) is 0 Å². The second-order valence-electron chi connectivity index (χ2n) is 5.78. The molecule has 0 unspecified atom stereocenters. The van der Waals surface area contributed by atoms with Crippen LogP contribution >= 0.6 is 22.7 Å². The van der Waals surface area contributed by atoms with Gasteiger partial charge in [-0.05, 0) is 23.6 Å². The molecule has 25 heavy (non-hydrogen) atoms. The monoisotopic (exact) mass is 373 g/mol. The van der Waals surface area contributed by atoms with Crippen LogP contribution in [0.1, 0.15) is 10.5 Å². The lowest BCUT2D eigenvalue weighted by atomic mass is 10.2. The molecule has 0 atom stereocenters. The van der Waals surface area contributed by atoms with E-state index in [-0.39, 0.29) is 11.7 Å². The van der Waals surface area contributed by atoms with Crippen molar-refractivity contribution < 1.29 is 9.18 Å². The van der Waals surface area contributed by atoms with E-state index >= 15 is 0 Å². The van der Waals surface area contributed by atoms with Crippen LogP contribution in [0.5, 0.6) is 0 Å². The lowest BCUT2D eigenvalue weighted by Gasteiger charge is -2.35. The van der Waals surface area contributed by atoms with Crippen LogP contribution in [0.3, 0.4) is 0 Å². The van der Waals surface area contributed by atoms with Gasteiger partial charge in [0.05, 0.1) is 5.69 Å². The number of anilines is 1. The summed E-state index contributed by atoms with van der Waals surface area (Å²) in [4.78, 5) is 20.9. The fraction of sp³-hybridized carbons (Fsp3) is 0.222. The summed E-state index contributed by atoms with van der Waals surface area (Å²) in [6, 6.07) is 8.77. The fourth-order valence-electron chi connectivity index (χ4n) is 2.91. The average molecular weight is 373 g/mol. The molecule has 0 saturated carbocycles. The van der Waals surface area contributed by atoms with Crippen molar-refractivity contribution in [1.82, 2.24) is 9.88 Å². The molecule has 0 aliphatic carbocycles. The molecular weight excluding hydrogens is 357 g/mol. The van der Waals surface area contributed by atoms with Crippen LogP contribution in [0.4, 0.5) is 10.1 Å². The highest BCUT2D eigenvalue weighted by Crippen LogP contribution is 2.26. The lowest BCUT2D eigenvalue weighted by molar-refractivity contribution is 0.0741. The van der Waals surface area contributed by atoms with Gasteiger partial charge in [-0.25, -0.2) is 9.37 Å². The Morgan fingerprint density at radius 2 is 1.88 bits per heavy atom. The number of para-hydroxylation sites is 1. The van der Waals surface area contributed by atoms with Crippen molar-refractivity contribution in [2.45, 2.75) is 0 Å². The molecule has 3 heterocycles. The summed E-state index contributed by atoms with van der Waals surface area (Å²) in [6.07, 6.45) is 0. The maximum atomic E-state index is 13.9. The second-order valence-corrected chi connectivity index (χ2v) is 7.42. The Kier molecular flexibility index (Phi) is 4.50. The molecule has 0 bridgehead atoms. The lowest BCUT2D eigenvalue weighted by Crippen LogP contribution is -2.49. The number of piperazine rings is 1. The van der Waals surface area contributed by atoms with Gasteiger partial charge >= 0.3 is 0 Å². The summed E-state index contributed by atoms with van der Waals surface area (Å²) in [5.74, 6) is -0.270. The number of halogens is 1. The highest BCUT2D eigenvalue weighted by molar-refractivity contribution is 7.14. The summed E-state index contributed by atoms with van der Waals surface area (Å²) in [6.45, 7) is 2.37. The Labute approximate surface area is 153 Å². The molecule has 0 spiro atoms. The van der Waals surface area contributed by atoms with Crippen LogP contribution in [-0.4, -0.2) is 42.0 Å². The zero-order chi connectivity index (χ0) is 17.2. The first-order valence-electron chi connectivity index (χ1n) is 7.99. The smallest absolute Gasteiger partial charge is 0.273 e. The molecule has 1 aliphatic rings. The van der Waals surface area contributed by atoms with E-state index in [0.717, 1.165) is 10.6 Å². The van der Waals surface area contributed by atoms with Gasteiger partial charge in [-0.2, -0.15) is 11.3 Å². The van der Waals surface area contributed by atoms with E-state index in [0.29, 0.717) is 37.6 Å². The number of nitrogens with zero attached hydrogens (tertiary/aromatic N) is 3. The first-order chi connectivity index (χ1) is 12.2. The molecule has 128 valence electrons. The van der Waals surface area contributed by atoms with Crippen LogP contribution in [0, 0.1) is 5.82 Å². The Morgan fingerprint density at radius 1 is 1.08 bits per heavy atom. The van der Waals surface area contributed by atoms with E-state index in [9.17, 15) is 9.18 Å². The number of amides is 1. The predicted molar refractivity (Wildman–Crippen MR) is 99.9 cm³/mol. The van der Waals surface area contributed by atoms with Crippen LogP contribution in [0.15, 0.2) is 46.5 Å². The molecular formula is C18H16FN3OS2. The van der Waals surface area contributed by atoms with Crippen molar-refractivity contribution in [3.8, 4) is 10.6 Å². The SMILES string of the molecule is O=C(c1csc(-c2ccsc2)n1)N1CCN(c2ccccc2F)CC1. The second kappa shape index (κ2) is 6.93. The Balaban J connectivity index is 1.42. The summed E-state index contributed by atoms with van der Waals surface area (Å²) < 4.78 is 13.9. The molecule has 7 heteroatoms. The normalized spacial score (nSPS) is 14.8. The third kappa shape index (κ3) is 3.29. The van der Waals surface area contributed by atoms with E-state index < -0.39 is 0 Å². The van der Waals surface area contributed by atoms with Gasteiger partial charge in [-0.3, -0.25) is 4.79 Å². The zero-order valence-corrected chi connectivity index (χ0v) is 15.0. The highest BCUT2D eigenvalue weighted by Gasteiger charge is 2.25. The van der Waals surface area contributed by atoms with Crippen LogP contribution < -0.4 is 4.90 Å². The van der Waals surface area contributed by atoms with Gasteiger partial charge in [-0.15, -0.1) is 11.3 Å².